The van der Waals surface area contributed by atoms with Crippen molar-refractivity contribution >= 4 is 41.0 Å². The van der Waals surface area contributed by atoms with Gasteiger partial charge in [0.2, 0.25) is 11.9 Å². The second-order valence-corrected chi connectivity index (χ2v) is 9.40. The van der Waals surface area contributed by atoms with E-state index in [9.17, 15) is 18.4 Å². The first-order valence-corrected chi connectivity index (χ1v) is 11.0. The fraction of sp³-hybridized carbons (Fsp3) is 0.304. The van der Waals surface area contributed by atoms with Crippen LogP contribution >= 0.6 is 23.2 Å². The second-order valence-electron chi connectivity index (χ2n) is 8.61. The first-order valence-electron chi connectivity index (χ1n) is 10.3. The molecule has 0 aliphatic heterocycles. The van der Waals surface area contributed by atoms with E-state index in [-0.39, 0.29) is 24.0 Å². The third-order valence-electron chi connectivity index (χ3n) is 4.90. The topological polar surface area (TPSA) is 99.8 Å². The number of rotatable bonds is 6. The molecule has 3 rings (SSSR count). The summed E-state index contributed by atoms with van der Waals surface area (Å²) in [5, 5.41) is 5.85. The number of alkyl halides is 2. The zero-order valence-corrected chi connectivity index (χ0v) is 20.4. The highest BCUT2D eigenvalue weighted by Gasteiger charge is 2.24. The summed E-state index contributed by atoms with van der Waals surface area (Å²) in [7, 11) is 0. The number of H-pyrrole nitrogens is 1. The number of nitrogens with zero attached hydrogens (tertiary/aromatic N) is 2. The minimum absolute atomic E-state index is 0.0319. The Labute approximate surface area is 205 Å². The smallest absolute Gasteiger partial charge is 0.281 e. The zero-order valence-electron chi connectivity index (χ0n) is 18.9. The van der Waals surface area contributed by atoms with E-state index in [0.717, 1.165) is 0 Å². The van der Waals surface area contributed by atoms with Gasteiger partial charge in [-0.1, -0.05) is 56.1 Å². The lowest BCUT2D eigenvalue weighted by molar-refractivity contribution is -0.128. The largest absolute Gasteiger partial charge is 0.352 e. The molecule has 2 amide bonds. The van der Waals surface area contributed by atoms with Gasteiger partial charge in [-0.05, 0) is 24.6 Å². The third-order valence-corrected chi connectivity index (χ3v) is 5.72. The van der Waals surface area contributed by atoms with Crippen molar-refractivity contribution < 1.29 is 18.4 Å². The Bertz CT molecular complexity index is 1240. The van der Waals surface area contributed by atoms with Crippen LogP contribution in [0.1, 0.15) is 54.5 Å². The van der Waals surface area contributed by atoms with E-state index in [1.54, 1.807) is 45.9 Å². The maximum atomic E-state index is 13.5. The number of imidazole rings is 1. The highest BCUT2D eigenvalue weighted by atomic mass is 35.5. The Morgan fingerprint density at radius 2 is 1.91 bits per heavy atom. The molecule has 2 heterocycles. The van der Waals surface area contributed by atoms with E-state index in [1.165, 1.54) is 12.3 Å². The molecule has 11 heteroatoms. The van der Waals surface area contributed by atoms with Gasteiger partial charge in [0.15, 0.2) is 0 Å². The molecule has 0 bridgehead atoms. The number of hydrogen-bond acceptors (Lipinski definition) is 4. The standard InChI is InChI=1S/C23H23Cl2F2N5O2/c1-11-17(13-6-5-7-15(24)16(13)25)31-22(30-11)32-20(33)14-8-12(9-28-18(14)19(26)27)10-29-21(34)23(2,3)4/h5-9,19H,10H2,1-4H3,(H,29,34)(H2,30,31,32,33). The molecule has 7 nitrogen and oxygen atoms in total. The highest BCUT2D eigenvalue weighted by molar-refractivity contribution is 6.43. The number of pyridine rings is 1. The first-order chi connectivity index (χ1) is 15.9. The van der Waals surface area contributed by atoms with Crippen molar-refractivity contribution in [2.75, 3.05) is 5.32 Å². The SMILES string of the molecule is Cc1nc(NC(=O)c2cc(CNC(=O)C(C)(C)C)cnc2C(F)F)[nH]c1-c1cccc(Cl)c1Cl. The number of nitrogens with one attached hydrogen (secondary N) is 3. The number of carbonyl (C=O) groups excluding carboxylic acids is 2. The quantitative estimate of drug-likeness (QED) is 0.382. The van der Waals surface area contributed by atoms with Crippen LogP contribution in [0.25, 0.3) is 11.3 Å². The van der Waals surface area contributed by atoms with Crippen molar-refractivity contribution in [2.45, 2.75) is 40.7 Å². The molecule has 2 aromatic heterocycles. The number of benzene rings is 1. The number of aromatic amines is 1. The molecule has 180 valence electrons. The van der Waals surface area contributed by atoms with E-state index in [4.69, 9.17) is 23.2 Å². The molecule has 3 aromatic rings. The Morgan fingerprint density at radius 1 is 1.21 bits per heavy atom. The molecular weight excluding hydrogens is 487 g/mol. The van der Waals surface area contributed by atoms with E-state index in [0.29, 0.717) is 32.6 Å². The molecule has 0 fully saturated rings. The fourth-order valence-corrected chi connectivity index (χ4v) is 3.47. The number of aryl methyl sites for hydroxylation is 1. The zero-order chi connectivity index (χ0) is 25.2. The first kappa shape index (κ1) is 25.6. The molecule has 3 N–H and O–H groups in total. The van der Waals surface area contributed by atoms with Crippen LogP contribution in [-0.4, -0.2) is 26.8 Å². The van der Waals surface area contributed by atoms with Crippen molar-refractivity contribution in [1.29, 1.82) is 0 Å². The molecule has 0 saturated heterocycles. The van der Waals surface area contributed by atoms with Crippen LogP contribution in [-0.2, 0) is 11.3 Å². The average molecular weight is 510 g/mol. The minimum Gasteiger partial charge on any atom is -0.352 e. The maximum absolute atomic E-state index is 13.5. The molecule has 0 unspecified atom stereocenters. The van der Waals surface area contributed by atoms with E-state index >= 15 is 0 Å². The van der Waals surface area contributed by atoms with E-state index < -0.39 is 23.4 Å². The van der Waals surface area contributed by atoms with Crippen molar-refractivity contribution in [2.24, 2.45) is 5.41 Å². The second kappa shape index (κ2) is 10.1. The van der Waals surface area contributed by atoms with E-state index in [1.807, 2.05) is 0 Å². The number of hydrogen-bond donors (Lipinski definition) is 3. The summed E-state index contributed by atoms with van der Waals surface area (Å²) in [5.41, 5.74) is 0.384. The van der Waals surface area contributed by atoms with Gasteiger partial charge < -0.3 is 10.3 Å². The normalized spacial score (nSPS) is 11.6. The molecule has 34 heavy (non-hydrogen) atoms. The van der Waals surface area contributed by atoms with Gasteiger partial charge in [-0.25, -0.2) is 13.8 Å². The fourth-order valence-electron chi connectivity index (χ4n) is 3.07. The number of halogens is 4. The molecule has 0 aliphatic carbocycles. The summed E-state index contributed by atoms with van der Waals surface area (Å²) in [6.07, 6.45) is -1.77. The third kappa shape index (κ3) is 5.71. The van der Waals surface area contributed by atoms with Crippen molar-refractivity contribution in [3.8, 4) is 11.3 Å². The molecule has 0 saturated carbocycles. The van der Waals surface area contributed by atoms with Crippen molar-refractivity contribution in [3.63, 3.8) is 0 Å². The summed E-state index contributed by atoms with van der Waals surface area (Å²) < 4.78 is 27.1. The summed E-state index contributed by atoms with van der Waals surface area (Å²) in [6, 6.07) is 6.36. The van der Waals surface area contributed by atoms with Crippen molar-refractivity contribution in [3.05, 3.63) is 63.0 Å². The maximum Gasteiger partial charge on any atom is 0.281 e. The van der Waals surface area contributed by atoms with Crippen LogP contribution in [0.4, 0.5) is 14.7 Å². The molecular formula is C23H23Cl2F2N5O2. The Balaban J connectivity index is 1.86. The van der Waals surface area contributed by atoms with Gasteiger partial charge in [-0.15, -0.1) is 0 Å². The lowest BCUT2D eigenvalue weighted by Crippen LogP contribution is -2.34. The summed E-state index contributed by atoms with van der Waals surface area (Å²) in [5.74, 6) is -1.01. The Kier molecular flexibility index (Phi) is 7.57. The van der Waals surface area contributed by atoms with Crippen LogP contribution < -0.4 is 10.6 Å². The lowest BCUT2D eigenvalue weighted by Gasteiger charge is -2.18. The van der Waals surface area contributed by atoms with Gasteiger partial charge in [0, 0.05) is 23.7 Å². The summed E-state index contributed by atoms with van der Waals surface area (Å²) in [4.78, 5) is 35.9. The van der Waals surface area contributed by atoms with Gasteiger partial charge in [0.1, 0.15) is 5.69 Å². The minimum atomic E-state index is -2.97. The predicted octanol–water partition coefficient (Wildman–Crippen LogP) is 5.94. The van der Waals surface area contributed by atoms with Gasteiger partial charge >= 0.3 is 0 Å². The predicted molar refractivity (Wildman–Crippen MR) is 127 cm³/mol. The molecule has 0 spiro atoms. The van der Waals surface area contributed by atoms with Gasteiger partial charge in [0.05, 0.1) is 27.0 Å². The Hall–Kier alpha value is -3.04. The van der Waals surface area contributed by atoms with Gasteiger partial charge in [-0.3, -0.25) is 19.9 Å². The van der Waals surface area contributed by atoms with Crippen LogP contribution in [0, 0.1) is 12.3 Å². The Morgan fingerprint density at radius 3 is 2.56 bits per heavy atom. The van der Waals surface area contributed by atoms with Gasteiger partial charge in [0.25, 0.3) is 12.3 Å². The lowest BCUT2D eigenvalue weighted by atomic mass is 9.95. The van der Waals surface area contributed by atoms with Crippen molar-refractivity contribution in [1.82, 2.24) is 20.3 Å². The molecule has 0 atom stereocenters. The monoisotopic (exact) mass is 509 g/mol. The molecule has 0 radical (unpaired) electrons. The number of anilines is 1. The van der Waals surface area contributed by atoms with Crippen LogP contribution in [0.5, 0.6) is 0 Å². The van der Waals surface area contributed by atoms with Crippen LogP contribution in [0.3, 0.4) is 0 Å². The molecule has 0 aliphatic rings. The number of amides is 2. The van der Waals surface area contributed by atoms with E-state index in [2.05, 4.69) is 25.6 Å². The number of carbonyl (C=O) groups is 2. The van der Waals surface area contributed by atoms with Gasteiger partial charge in [-0.2, -0.15) is 0 Å². The summed E-state index contributed by atoms with van der Waals surface area (Å²) >= 11 is 12.4. The highest BCUT2D eigenvalue weighted by Crippen LogP contribution is 2.34. The number of aromatic nitrogens is 3. The molecule has 1 aromatic carbocycles. The van der Waals surface area contributed by atoms with Crippen LogP contribution in [0.15, 0.2) is 30.5 Å². The summed E-state index contributed by atoms with van der Waals surface area (Å²) in [6.45, 7) is 6.97. The average Bonchev–Trinajstić information content (AvgIpc) is 3.12. The van der Waals surface area contributed by atoms with Crippen LogP contribution in [0.2, 0.25) is 10.0 Å².